The molecule has 8 heteroatoms. The fourth-order valence-corrected chi connectivity index (χ4v) is 4.20. The molecule has 0 bridgehead atoms. The Hall–Kier alpha value is -3.52. The van der Waals surface area contributed by atoms with Crippen LogP contribution in [0.5, 0.6) is 0 Å². The molecule has 3 heterocycles. The van der Waals surface area contributed by atoms with Crippen molar-refractivity contribution in [1.29, 1.82) is 0 Å². The maximum absolute atomic E-state index is 14.2. The monoisotopic (exact) mass is 433 g/mol. The standard InChI is InChI=1S/C24H24FN5O2/c25-17-8-2-1-6-15(17)11-12-30-22(26)20(24(31)27-14-16-7-5-13-32-16)21-23(30)29-19-10-4-3-9-18(19)28-21/h1-4,6,8-10,16H,5,7,11-14,26H2,(H,27,31)/t16-/m0/s1. The molecule has 32 heavy (non-hydrogen) atoms. The van der Waals surface area contributed by atoms with Gasteiger partial charge in [0.25, 0.3) is 5.91 Å². The van der Waals surface area contributed by atoms with Crippen molar-refractivity contribution in [2.75, 3.05) is 18.9 Å². The second-order valence-electron chi connectivity index (χ2n) is 7.98. The Labute approximate surface area is 184 Å². The third-order valence-corrected chi connectivity index (χ3v) is 5.90. The number of carbonyl (C=O) groups excluding carboxylic acids is 1. The lowest BCUT2D eigenvalue weighted by Gasteiger charge is -2.11. The molecule has 1 fully saturated rings. The minimum absolute atomic E-state index is 0.0153. The Morgan fingerprint density at radius 1 is 1.16 bits per heavy atom. The number of nitrogen functional groups attached to an aromatic ring is 1. The quantitative estimate of drug-likeness (QED) is 0.486. The highest BCUT2D eigenvalue weighted by molar-refractivity contribution is 6.10. The van der Waals surface area contributed by atoms with Gasteiger partial charge >= 0.3 is 0 Å². The Kier molecular flexibility index (Phi) is 5.45. The predicted octanol–water partition coefficient (Wildman–Crippen LogP) is 3.46. The first-order chi connectivity index (χ1) is 15.6. The van der Waals surface area contributed by atoms with E-state index in [1.54, 1.807) is 22.8 Å². The number of aromatic nitrogens is 3. The van der Waals surface area contributed by atoms with Gasteiger partial charge in [0.05, 0.1) is 17.1 Å². The number of aryl methyl sites for hydroxylation is 2. The van der Waals surface area contributed by atoms with Crippen molar-refractivity contribution in [3.8, 4) is 0 Å². The summed E-state index contributed by atoms with van der Waals surface area (Å²) in [6, 6.07) is 14.1. The molecule has 3 N–H and O–H groups in total. The molecule has 1 saturated heterocycles. The third kappa shape index (κ3) is 3.78. The van der Waals surface area contributed by atoms with Crippen LogP contribution in [0.2, 0.25) is 0 Å². The largest absolute Gasteiger partial charge is 0.384 e. The van der Waals surface area contributed by atoms with E-state index >= 15 is 0 Å². The Balaban J connectivity index is 1.54. The van der Waals surface area contributed by atoms with E-state index in [0.29, 0.717) is 52.8 Å². The maximum Gasteiger partial charge on any atom is 0.257 e. The Bertz CT molecular complexity index is 1300. The van der Waals surface area contributed by atoms with E-state index in [1.165, 1.54) is 6.07 Å². The topological polar surface area (TPSA) is 95.1 Å². The van der Waals surface area contributed by atoms with Gasteiger partial charge in [-0.1, -0.05) is 30.3 Å². The predicted molar refractivity (Wildman–Crippen MR) is 121 cm³/mol. The van der Waals surface area contributed by atoms with Gasteiger partial charge < -0.3 is 20.4 Å². The first-order valence-corrected chi connectivity index (χ1v) is 10.8. The molecule has 0 saturated carbocycles. The SMILES string of the molecule is Nc1c(C(=O)NC[C@@H]2CCCO2)c2nc3ccccc3nc2n1CCc1ccccc1F. The average Bonchev–Trinajstić information content (AvgIpc) is 3.41. The summed E-state index contributed by atoms with van der Waals surface area (Å²) in [5.41, 5.74) is 9.68. The van der Waals surface area contributed by atoms with E-state index in [2.05, 4.69) is 5.32 Å². The van der Waals surface area contributed by atoms with Crippen LogP contribution >= 0.6 is 0 Å². The van der Waals surface area contributed by atoms with Crippen LogP contribution < -0.4 is 11.1 Å². The van der Waals surface area contributed by atoms with Crippen LogP contribution in [-0.4, -0.2) is 39.7 Å². The number of nitrogens with two attached hydrogens (primary N) is 1. The fraction of sp³-hybridized carbons (Fsp3) is 0.292. The number of para-hydroxylation sites is 2. The zero-order valence-electron chi connectivity index (χ0n) is 17.6. The molecule has 5 rings (SSSR count). The van der Waals surface area contributed by atoms with Gasteiger partial charge in [-0.2, -0.15) is 0 Å². The van der Waals surface area contributed by atoms with E-state index in [9.17, 15) is 9.18 Å². The Morgan fingerprint density at radius 3 is 2.66 bits per heavy atom. The van der Waals surface area contributed by atoms with Crippen LogP contribution in [0.4, 0.5) is 10.2 Å². The van der Waals surface area contributed by atoms with Crippen LogP contribution in [0.1, 0.15) is 28.8 Å². The number of rotatable bonds is 6. The molecule has 0 radical (unpaired) electrons. The highest BCUT2D eigenvalue weighted by Crippen LogP contribution is 2.28. The number of nitrogens with zero attached hydrogens (tertiary/aromatic N) is 3. The van der Waals surface area contributed by atoms with Gasteiger partial charge in [-0.05, 0) is 43.0 Å². The second-order valence-corrected chi connectivity index (χ2v) is 7.98. The molecule has 0 spiro atoms. The summed E-state index contributed by atoms with van der Waals surface area (Å²) in [7, 11) is 0. The zero-order chi connectivity index (χ0) is 22.1. The molecule has 1 amide bonds. The minimum Gasteiger partial charge on any atom is -0.384 e. The maximum atomic E-state index is 14.2. The first-order valence-electron chi connectivity index (χ1n) is 10.8. The highest BCUT2D eigenvalue weighted by atomic mass is 19.1. The van der Waals surface area contributed by atoms with E-state index in [4.69, 9.17) is 20.4 Å². The van der Waals surface area contributed by atoms with Gasteiger partial charge in [0.2, 0.25) is 0 Å². The normalized spacial score (nSPS) is 16.1. The van der Waals surface area contributed by atoms with Crippen molar-refractivity contribution >= 4 is 33.9 Å². The number of amides is 1. The van der Waals surface area contributed by atoms with Gasteiger partial charge in [-0.15, -0.1) is 0 Å². The van der Waals surface area contributed by atoms with Crippen LogP contribution in [-0.2, 0) is 17.7 Å². The van der Waals surface area contributed by atoms with Gasteiger partial charge in [-0.25, -0.2) is 14.4 Å². The van der Waals surface area contributed by atoms with E-state index in [-0.39, 0.29) is 23.6 Å². The number of hydrogen-bond donors (Lipinski definition) is 2. The molecule has 164 valence electrons. The van der Waals surface area contributed by atoms with Crippen molar-refractivity contribution in [1.82, 2.24) is 19.9 Å². The lowest BCUT2D eigenvalue weighted by molar-refractivity contribution is 0.0859. The number of nitrogens with one attached hydrogen (secondary N) is 1. The lowest BCUT2D eigenvalue weighted by atomic mass is 10.1. The number of fused-ring (bicyclic) bond motifs is 2. The van der Waals surface area contributed by atoms with Crippen LogP contribution in [0, 0.1) is 5.82 Å². The van der Waals surface area contributed by atoms with Gasteiger partial charge in [0, 0.05) is 19.7 Å². The van der Waals surface area contributed by atoms with Gasteiger partial charge in [0.15, 0.2) is 5.65 Å². The average molecular weight is 433 g/mol. The summed E-state index contributed by atoms with van der Waals surface area (Å²) in [6.07, 6.45) is 2.34. The summed E-state index contributed by atoms with van der Waals surface area (Å²) in [5, 5.41) is 2.93. The van der Waals surface area contributed by atoms with Crippen LogP contribution in [0.25, 0.3) is 22.2 Å². The first kappa shape index (κ1) is 20.4. The zero-order valence-corrected chi connectivity index (χ0v) is 17.6. The molecule has 2 aromatic heterocycles. The van der Waals surface area contributed by atoms with Crippen LogP contribution in [0.3, 0.4) is 0 Å². The summed E-state index contributed by atoms with van der Waals surface area (Å²) in [5.74, 6) is -0.303. The number of ether oxygens (including phenoxy) is 1. The highest BCUT2D eigenvalue weighted by Gasteiger charge is 2.25. The van der Waals surface area contributed by atoms with E-state index < -0.39 is 0 Å². The number of carbonyl (C=O) groups is 1. The van der Waals surface area contributed by atoms with Crippen LogP contribution in [0.15, 0.2) is 48.5 Å². The molecule has 0 unspecified atom stereocenters. The van der Waals surface area contributed by atoms with E-state index in [1.807, 2.05) is 24.3 Å². The summed E-state index contributed by atoms with van der Waals surface area (Å²) in [6.45, 7) is 1.51. The molecule has 2 aromatic carbocycles. The number of anilines is 1. The van der Waals surface area contributed by atoms with Gasteiger partial charge in [0.1, 0.15) is 22.7 Å². The van der Waals surface area contributed by atoms with Crippen molar-refractivity contribution in [2.24, 2.45) is 0 Å². The van der Waals surface area contributed by atoms with Crippen molar-refractivity contribution in [2.45, 2.75) is 31.9 Å². The molecule has 7 nitrogen and oxygen atoms in total. The molecule has 4 aromatic rings. The molecular weight excluding hydrogens is 409 g/mol. The molecule has 1 aliphatic heterocycles. The molecule has 1 atom stereocenters. The lowest BCUT2D eigenvalue weighted by Crippen LogP contribution is -2.32. The summed E-state index contributed by atoms with van der Waals surface area (Å²) >= 11 is 0. The number of benzene rings is 2. The van der Waals surface area contributed by atoms with Crippen molar-refractivity contribution in [3.05, 3.63) is 65.5 Å². The molecule has 0 aliphatic carbocycles. The molecule has 1 aliphatic rings. The van der Waals surface area contributed by atoms with E-state index in [0.717, 1.165) is 19.4 Å². The smallest absolute Gasteiger partial charge is 0.257 e. The summed E-state index contributed by atoms with van der Waals surface area (Å²) in [4.78, 5) is 22.6. The fourth-order valence-electron chi connectivity index (χ4n) is 4.20. The Morgan fingerprint density at radius 2 is 1.91 bits per heavy atom. The summed E-state index contributed by atoms with van der Waals surface area (Å²) < 4.78 is 21.5. The van der Waals surface area contributed by atoms with Crippen molar-refractivity contribution < 1.29 is 13.9 Å². The number of hydrogen-bond acceptors (Lipinski definition) is 5. The third-order valence-electron chi connectivity index (χ3n) is 5.90. The van der Waals surface area contributed by atoms with Crippen molar-refractivity contribution in [3.63, 3.8) is 0 Å². The number of halogens is 1. The van der Waals surface area contributed by atoms with Gasteiger partial charge in [-0.3, -0.25) is 4.79 Å². The molecular formula is C24H24FN5O2. The minimum atomic E-state index is -0.308. The second kappa shape index (κ2) is 8.55.